The lowest BCUT2D eigenvalue weighted by Gasteiger charge is -2.11. The van der Waals surface area contributed by atoms with Gasteiger partial charge in [0.05, 0.1) is 16.1 Å². The maximum atomic E-state index is 13.2. The van der Waals surface area contributed by atoms with Crippen LogP contribution >= 0.6 is 11.6 Å². The molecule has 0 aliphatic carbocycles. The van der Waals surface area contributed by atoms with Crippen molar-refractivity contribution < 1.29 is 21.6 Å². The first-order valence-corrected chi connectivity index (χ1v) is 8.76. The molecule has 24 heavy (non-hydrogen) atoms. The molecule has 126 valence electrons. The Morgan fingerprint density at radius 2 is 1.96 bits per heavy atom. The maximum Gasteiger partial charge on any atom is 0.419 e. The number of nitrogens with one attached hydrogen (secondary N) is 1. The molecule has 0 saturated heterocycles. The molecule has 0 radical (unpaired) electrons. The van der Waals surface area contributed by atoms with E-state index in [1.807, 2.05) is 0 Å². The first-order valence-electron chi connectivity index (χ1n) is 6.49. The number of halogens is 4. The zero-order valence-corrected chi connectivity index (χ0v) is 13.6. The summed E-state index contributed by atoms with van der Waals surface area (Å²) in [5.74, 6) is 0. The monoisotopic (exact) mass is 375 g/mol. The summed E-state index contributed by atoms with van der Waals surface area (Å²) in [5, 5.41) is -0.0511. The number of aromatic nitrogens is 3. The number of hydrogen-bond acceptors (Lipinski definition) is 4. The van der Waals surface area contributed by atoms with Crippen LogP contribution in [0.2, 0.25) is 5.28 Å². The molecule has 1 N–H and O–H groups in total. The highest BCUT2D eigenvalue weighted by Crippen LogP contribution is 2.39. The normalized spacial score (nSPS) is 12.7. The Bertz CT molecular complexity index is 1050. The SMILES string of the molecule is CS(=O)(=O)c1cccc2c(-c3nc(Cl)ncc3C(F)(F)F)c[nH]c12. The van der Waals surface area contributed by atoms with Crippen molar-refractivity contribution in [1.82, 2.24) is 15.0 Å². The minimum atomic E-state index is -4.68. The molecule has 0 atom stereocenters. The van der Waals surface area contributed by atoms with Gasteiger partial charge in [0.25, 0.3) is 0 Å². The second kappa shape index (κ2) is 5.45. The van der Waals surface area contributed by atoms with Crippen molar-refractivity contribution in [2.45, 2.75) is 11.1 Å². The van der Waals surface area contributed by atoms with Crippen LogP contribution < -0.4 is 0 Å². The standard InChI is InChI=1S/C14H9ClF3N3O2S/c1-24(22,23)10-4-2-3-7-8(5-19-12(7)10)11-9(14(16,17)18)6-20-13(15)21-11/h2-6,19H,1H3. The van der Waals surface area contributed by atoms with E-state index in [0.29, 0.717) is 6.20 Å². The Morgan fingerprint density at radius 1 is 1.25 bits per heavy atom. The molecular formula is C14H9ClF3N3O2S. The van der Waals surface area contributed by atoms with E-state index in [-0.39, 0.29) is 26.6 Å². The molecule has 5 nitrogen and oxygen atoms in total. The van der Waals surface area contributed by atoms with Gasteiger partial charge < -0.3 is 4.98 Å². The molecule has 0 bridgehead atoms. The topological polar surface area (TPSA) is 75.7 Å². The van der Waals surface area contributed by atoms with Gasteiger partial charge in [0.2, 0.25) is 5.28 Å². The molecule has 0 saturated carbocycles. The molecule has 0 fully saturated rings. The highest BCUT2D eigenvalue weighted by molar-refractivity contribution is 7.91. The summed E-state index contributed by atoms with van der Waals surface area (Å²) < 4.78 is 63.3. The minimum absolute atomic E-state index is 0.0139. The Labute approximate surface area is 139 Å². The molecule has 1 aromatic carbocycles. The van der Waals surface area contributed by atoms with Gasteiger partial charge in [0.1, 0.15) is 5.56 Å². The van der Waals surface area contributed by atoms with Gasteiger partial charge in [-0.05, 0) is 17.7 Å². The number of sulfone groups is 1. The molecule has 0 aliphatic heterocycles. The summed E-state index contributed by atoms with van der Waals surface area (Å²) in [6.07, 6.45) is -1.79. The average Bonchev–Trinajstić information content (AvgIpc) is 2.88. The summed E-state index contributed by atoms with van der Waals surface area (Å²) in [5.41, 5.74) is -1.18. The number of para-hydroxylation sites is 1. The summed E-state index contributed by atoms with van der Waals surface area (Å²) in [6, 6.07) is 4.33. The minimum Gasteiger partial charge on any atom is -0.359 e. The predicted octanol–water partition coefficient (Wildman–Crippen LogP) is 3.70. The van der Waals surface area contributed by atoms with Crippen molar-refractivity contribution >= 4 is 32.3 Å². The zero-order chi connectivity index (χ0) is 17.7. The molecule has 2 heterocycles. The third kappa shape index (κ3) is 2.84. The number of alkyl halides is 3. The lowest BCUT2D eigenvalue weighted by Crippen LogP contribution is -2.09. The van der Waals surface area contributed by atoms with Gasteiger partial charge in [-0.2, -0.15) is 13.2 Å². The summed E-state index contributed by atoms with van der Waals surface area (Å²) >= 11 is 5.64. The van der Waals surface area contributed by atoms with Crippen LogP contribution in [0.1, 0.15) is 5.56 Å². The zero-order valence-electron chi connectivity index (χ0n) is 12.0. The number of hydrogen-bond donors (Lipinski definition) is 1. The molecule has 3 rings (SSSR count). The van der Waals surface area contributed by atoms with Crippen molar-refractivity contribution in [2.75, 3.05) is 6.26 Å². The van der Waals surface area contributed by atoms with Crippen LogP contribution in [0.5, 0.6) is 0 Å². The number of nitrogens with zero attached hydrogens (tertiary/aromatic N) is 2. The number of benzene rings is 1. The molecular weight excluding hydrogens is 367 g/mol. The second-order valence-corrected chi connectivity index (χ2v) is 7.37. The van der Waals surface area contributed by atoms with Gasteiger partial charge in [-0.1, -0.05) is 12.1 Å². The third-order valence-corrected chi connectivity index (χ3v) is 4.72. The fraction of sp³-hybridized carbons (Fsp3) is 0.143. The quantitative estimate of drug-likeness (QED) is 0.693. The first-order chi connectivity index (χ1) is 11.1. The molecule has 3 aromatic rings. The van der Waals surface area contributed by atoms with Gasteiger partial charge in [0, 0.05) is 29.6 Å². The van der Waals surface area contributed by atoms with Crippen LogP contribution in [-0.4, -0.2) is 29.6 Å². The highest BCUT2D eigenvalue weighted by atomic mass is 35.5. The highest BCUT2D eigenvalue weighted by Gasteiger charge is 2.36. The van der Waals surface area contributed by atoms with E-state index in [9.17, 15) is 21.6 Å². The molecule has 2 aromatic heterocycles. The van der Waals surface area contributed by atoms with E-state index >= 15 is 0 Å². The van der Waals surface area contributed by atoms with E-state index < -0.39 is 27.3 Å². The smallest absolute Gasteiger partial charge is 0.359 e. The van der Waals surface area contributed by atoms with Crippen molar-refractivity contribution in [3.63, 3.8) is 0 Å². The van der Waals surface area contributed by atoms with E-state index in [1.54, 1.807) is 0 Å². The van der Waals surface area contributed by atoms with Crippen LogP contribution in [-0.2, 0) is 16.0 Å². The predicted molar refractivity (Wildman–Crippen MR) is 82.4 cm³/mol. The average molecular weight is 376 g/mol. The fourth-order valence-corrected chi connectivity index (χ4v) is 3.40. The Balaban J connectivity index is 2.36. The van der Waals surface area contributed by atoms with Gasteiger partial charge in [-0.25, -0.2) is 18.4 Å². The van der Waals surface area contributed by atoms with Gasteiger partial charge >= 0.3 is 6.18 Å². The summed E-state index contributed by atoms with van der Waals surface area (Å²) in [6.45, 7) is 0. The van der Waals surface area contributed by atoms with E-state index in [4.69, 9.17) is 11.6 Å². The second-order valence-electron chi connectivity index (χ2n) is 5.05. The number of fused-ring (bicyclic) bond motifs is 1. The van der Waals surface area contributed by atoms with Gasteiger partial charge in [-0.3, -0.25) is 0 Å². The number of H-pyrrole nitrogens is 1. The van der Waals surface area contributed by atoms with Crippen LogP contribution in [0.15, 0.2) is 35.5 Å². The third-order valence-electron chi connectivity index (χ3n) is 3.40. The van der Waals surface area contributed by atoms with Crippen LogP contribution in [0.4, 0.5) is 13.2 Å². The molecule has 0 spiro atoms. The molecule has 0 aliphatic rings. The van der Waals surface area contributed by atoms with E-state index in [2.05, 4.69) is 15.0 Å². The van der Waals surface area contributed by atoms with Crippen molar-refractivity contribution in [3.8, 4) is 11.3 Å². The van der Waals surface area contributed by atoms with Crippen LogP contribution in [0, 0.1) is 0 Å². The van der Waals surface area contributed by atoms with Crippen LogP contribution in [0.25, 0.3) is 22.2 Å². The molecule has 0 unspecified atom stereocenters. The van der Waals surface area contributed by atoms with Crippen molar-refractivity contribution in [3.05, 3.63) is 41.4 Å². The lowest BCUT2D eigenvalue weighted by atomic mass is 10.1. The van der Waals surface area contributed by atoms with Crippen molar-refractivity contribution in [2.24, 2.45) is 0 Å². The lowest BCUT2D eigenvalue weighted by molar-refractivity contribution is -0.137. The van der Waals surface area contributed by atoms with Crippen molar-refractivity contribution in [1.29, 1.82) is 0 Å². The van der Waals surface area contributed by atoms with E-state index in [0.717, 1.165) is 6.26 Å². The summed E-state index contributed by atoms with van der Waals surface area (Å²) in [7, 11) is -3.56. The largest absolute Gasteiger partial charge is 0.419 e. The van der Waals surface area contributed by atoms with Gasteiger partial charge in [0.15, 0.2) is 9.84 Å². The molecule has 10 heteroatoms. The Hall–Kier alpha value is -2.13. The Morgan fingerprint density at radius 3 is 2.58 bits per heavy atom. The fourth-order valence-electron chi connectivity index (χ4n) is 2.40. The maximum absolute atomic E-state index is 13.2. The summed E-state index contributed by atoms with van der Waals surface area (Å²) in [4.78, 5) is 9.77. The Kier molecular flexibility index (Phi) is 3.80. The van der Waals surface area contributed by atoms with E-state index in [1.165, 1.54) is 24.4 Å². The number of aromatic amines is 1. The first kappa shape index (κ1) is 16.7. The van der Waals surface area contributed by atoms with Gasteiger partial charge in [-0.15, -0.1) is 0 Å². The number of rotatable bonds is 2. The van der Waals surface area contributed by atoms with Crippen LogP contribution in [0.3, 0.4) is 0 Å². The molecule has 0 amide bonds.